The van der Waals surface area contributed by atoms with Crippen LogP contribution < -0.4 is 15.4 Å². The smallest absolute Gasteiger partial charge is 0.220 e. The van der Waals surface area contributed by atoms with Crippen LogP contribution in [0.15, 0.2) is 23.2 Å². The molecular weight excluding hydrogens is 467 g/mol. The minimum absolute atomic E-state index is 0. The molecule has 1 aromatic rings. The van der Waals surface area contributed by atoms with Crippen molar-refractivity contribution in [3.63, 3.8) is 0 Å². The van der Waals surface area contributed by atoms with Crippen LogP contribution in [0.2, 0.25) is 0 Å². The van der Waals surface area contributed by atoms with Crippen LogP contribution in [0, 0.1) is 19.8 Å². The lowest BCUT2D eigenvalue weighted by molar-refractivity contribution is -0.121. The molecule has 7 heteroatoms. The number of halogens is 1. The Balaban J connectivity index is 0.00000392. The summed E-state index contributed by atoms with van der Waals surface area (Å²) < 4.78 is 5.86. The van der Waals surface area contributed by atoms with Gasteiger partial charge in [-0.25, -0.2) is 4.99 Å². The van der Waals surface area contributed by atoms with Gasteiger partial charge in [-0.2, -0.15) is 0 Å². The number of piperidine rings is 1. The van der Waals surface area contributed by atoms with Gasteiger partial charge in [0.15, 0.2) is 5.96 Å². The Morgan fingerprint density at radius 3 is 2.43 bits per heavy atom. The summed E-state index contributed by atoms with van der Waals surface area (Å²) in [6.07, 6.45) is 2.68. The minimum atomic E-state index is 0. The van der Waals surface area contributed by atoms with Gasteiger partial charge in [0.2, 0.25) is 5.91 Å². The highest BCUT2D eigenvalue weighted by atomic mass is 127. The van der Waals surface area contributed by atoms with Gasteiger partial charge >= 0.3 is 0 Å². The lowest BCUT2D eigenvalue weighted by atomic mass is 9.93. The maximum atomic E-state index is 11.6. The molecule has 6 nitrogen and oxygen atoms in total. The Hall–Kier alpha value is -1.51. The lowest BCUT2D eigenvalue weighted by Gasteiger charge is -2.34. The molecular formula is C21H35IN4O2. The average molecular weight is 502 g/mol. The predicted molar refractivity (Wildman–Crippen MR) is 126 cm³/mol. The number of benzene rings is 1. The maximum absolute atomic E-state index is 11.6. The fourth-order valence-electron chi connectivity index (χ4n) is 3.47. The van der Waals surface area contributed by atoms with Gasteiger partial charge in [0.05, 0.1) is 6.54 Å². The Morgan fingerprint density at radius 1 is 1.21 bits per heavy atom. The Morgan fingerprint density at radius 2 is 1.86 bits per heavy atom. The van der Waals surface area contributed by atoms with Crippen molar-refractivity contribution < 1.29 is 9.53 Å². The molecule has 2 N–H and O–H groups in total. The highest BCUT2D eigenvalue weighted by Crippen LogP contribution is 2.20. The molecule has 0 radical (unpaired) electrons. The predicted octanol–water partition coefficient (Wildman–Crippen LogP) is 3.11. The topological polar surface area (TPSA) is 66.0 Å². The molecule has 28 heavy (non-hydrogen) atoms. The molecule has 1 fully saturated rings. The third-order valence-electron chi connectivity index (χ3n) is 4.82. The molecule has 2 rings (SSSR count). The highest BCUT2D eigenvalue weighted by Gasteiger charge is 2.22. The summed E-state index contributed by atoms with van der Waals surface area (Å²) in [6.45, 7) is 10.1. The number of aliphatic imine (C=N–C) groups is 1. The first-order chi connectivity index (χ1) is 13.0. The number of nitrogens with one attached hydrogen (secondary N) is 2. The highest BCUT2D eigenvalue weighted by molar-refractivity contribution is 14.0. The van der Waals surface area contributed by atoms with E-state index in [1.165, 1.54) is 11.1 Å². The molecule has 1 heterocycles. The van der Waals surface area contributed by atoms with Crippen molar-refractivity contribution in [2.24, 2.45) is 10.9 Å². The largest absolute Gasteiger partial charge is 0.492 e. The van der Waals surface area contributed by atoms with Crippen LogP contribution in [0.4, 0.5) is 0 Å². The Kier molecular flexibility index (Phi) is 11.3. The van der Waals surface area contributed by atoms with Gasteiger partial charge in [0, 0.05) is 33.1 Å². The molecule has 1 aliphatic heterocycles. The van der Waals surface area contributed by atoms with E-state index in [0.29, 0.717) is 25.5 Å². The molecule has 0 unspecified atom stereocenters. The van der Waals surface area contributed by atoms with Gasteiger partial charge < -0.3 is 20.3 Å². The van der Waals surface area contributed by atoms with E-state index >= 15 is 0 Å². The maximum Gasteiger partial charge on any atom is 0.220 e. The second-order valence-corrected chi connectivity index (χ2v) is 7.22. The molecule has 0 saturated carbocycles. The summed E-state index contributed by atoms with van der Waals surface area (Å²) >= 11 is 0. The number of amides is 1. The fourth-order valence-corrected chi connectivity index (χ4v) is 3.47. The normalized spacial score (nSPS) is 15.0. The van der Waals surface area contributed by atoms with Crippen molar-refractivity contribution in [2.45, 2.75) is 40.0 Å². The van der Waals surface area contributed by atoms with Crippen LogP contribution in [-0.4, -0.2) is 56.6 Å². The number of guanidine groups is 1. The number of hydrogen-bond donors (Lipinski definition) is 2. The molecule has 1 aliphatic rings. The quantitative estimate of drug-likeness (QED) is 0.260. The van der Waals surface area contributed by atoms with Crippen LogP contribution in [0.1, 0.15) is 37.3 Å². The summed E-state index contributed by atoms with van der Waals surface area (Å²) in [7, 11) is 1.70. The molecule has 1 aromatic carbocycles. The summed E-state index contributed by atoms with van der Waals surface area (Å²) in [5.74, 6) is 2.46. The summed E-state index contributed by atoms with van der Waals surface area (Å²) in [5, 5.41) is 6.10. The van der Waals surface area contributed by atoms with Crippen LogP contribution >= 0.6 is 24.0 Å². The van der Waals surface area contributed by atoms with Crippen molar-refractivity contribution in [2.75, 3.05) is 39.8 Å². The van der Waals surface area contributed by atoms with Gasteiger partial charge in [-0.15, -0.1) is 24.0 Å². The number of carbonyl (C=O) groups excluding carboxylic acids is 1. The van der Waals surface area contributed by atoms with E-state index in [4.69, 9.17) is 9.73 Å². The van der Waals surface area contributed by atoms with E-state index < -0.39 is 0 Å². The molecule has 158 valence electrons. The second kappa shape index (κ2) is 12.9. The molecule has 0 spiro atoms. The zero-order chi connectivity index (χ0) is 19.6. The first-order valence-electron chi connectivity index (χ1n) is 9.96. The van der Waals surface area contributed by atoms with Crippen molar-refractivity contribution in [1.29, 1.82) is 0 Å². The molecule has 1 saturated heterocycles. The molecule has 0 aromatic heterocycles. The third-order valence-corrected chi connectivity index (χ3v) is 4.82. The molecule has 0 aliphatic carbocycles. The van der Waals surface area contributed by atoms with Crippen LogP contribution in [0.5, 0.6) is 5.75 Å². The van der Waals surface area contributed by atoms with E-state index in [0.717, 1.165) is 44.2 Å². The zero-order valence-corrected chi connectivity index (χ0v) is 19.9. The lowest BCUT2D eigenvalue weighted by Crippen LogP contribution is -2.46. The van der Waals surface area contributed by atoms with E-state index in [9.17, 15) is 4.79 Å². The SMILES string of the molecule is CCNC(=NCCOc1cc(C)cc(C)c1)N1CCC(CC(=O)NC)CC1.I. The standard InChI is InChI=1S/C21H34N4O2.HI/c1-5-23-21(25-9-6-18(7-10-25)15-20(26)22-4)24-8-11-27-19-13-16(2)12-17(3)14-19;/h12-14,18H,5-11,15H2,1-4H3,(H,22,26)(H,23,24);1H. The van der Waals surface area contributed by atoms with Crippen molar-refractivity contribution in [1.82, 2.24) is 15.5 Å². The molecule has 1 amide bonds. The van der Waals surface area contributed by atoms with Gasteiger partial charge in [-0.3, -0.25) is 4.79 Å². The van der Waals surface area contributed by atoms with Crippen LogP contribution in [-0.2, 0) is 4.79 Å². The van der Waals surface area contributed by atoms with E-state index in [-0.39, 0.29) is 29.9 Å². The number of rotatable bonds is 7. The van der Waals surface area contributed by atoms with Crippen LogP contribution in [0.25, 0.3) is 0 Å². The van der Waals surface area contributed by atoms with Gasteiger partial charge in [0.1, 0.15) is 12.4 Å². The van der Waals surface area contributed by atoms with Crippen molar-refractivity contribution in [3.05, 3.63) is 29.3 Å². The number of nitrogens with zero attached hydrogens (tertiary/aromatic N) is 2. The molecule has 0 atom stereocenters. The van der Waals surface area contributed by atoms with Gasteiger partial charge in [-0.05, 0) is 62.8 Å². The van der Waals surface area contributed by atoms with Crippen LogP contribution in [0.3, 0.4) is 0 Å². The summed E-state index contributed by atoms with van der Waals surface area (Å²) in [6, 6.07) is 6.25. The fraction of sp³-hybridized carbons (Fsp3) is 0.619. The summed E-state index contributed by atoms with van der Waals surface area (Å²) in [5.41, 5.74) is 2.42. The Labute approximate surface area is 186 Å². The average Bonchev–Trinajstić information content (AvgIpc) is 2.64. The third kappa shape index (κ3) is 8.24. The van der Waals surface area contributed by atoms with Gasteiger partial charge in [0.25, 0.3) is 0 Å². The van der Waals surface area contributed by atoms with E-state index in [1.807, 2.05) is 0 Å². The number of ether oxygens (including phenoxy) is 1. The number of likely N-dealkylation sites (tertiary alicyclic amines) is 1. The van der Waals surface area contributed by atoms with E-state index in [2.05, 4.69) is 54.5 Å². The van der Waals surface area contributed by atoms with E-state index in [1.54, 1.807) is 7.05 Å². The first-order valence-corrected chi connectivity index (χ1v) is 9.96. The summed E-state index contributed by atoms with van der Waals surface area (Å²) in [4.78, 5) is 18.6. The first kappa shape index (κ1) is 24.5. The van der Waals surface area contributed by atoms with Crippen molar-refractivity contribution >= 4 is 35.8 Å². The van der Waals surface area contributed by atoms with Crippen molar-refractivity contribution in [3.8, 4) is 5.75 Å². The number of aryl methyl sites for hydroxylation is 2. The second-order valence-electron chi connectivity index (χ2n) is 7.22. The Bertz CT molecular complexity index is 623. The zero-order valence-electron chi connectivity index (χ0n) is 17.6. The minimum Gasteiger partial charge on any atom is -0.492 e. The number of carbonyl (C=O) groups is 1. The molecule has 0 bridgehead atoms. The number of hydrogen-bond acceptors (Lipinski definition) is 3. The van der Waals surface area contributed by atoms with Gasteiger partial charge in [-0.1, -0.05) is 6.07 Å². The monoisotopic (exact) mass is 502 g/mol.